The van der Waals surface area contributed by atoms with Gasteiger partial charge in [0.25, 0.3) is 5.69 Å². The van der Waals surface area contributed by atoms with Gasteiger partial charge < -0.3 is 4.57 Å². The van der Waals surface area contributed by atoms with Crippen molar-refractivity contribution in [2.45, 2.75) is 37.6 Å². The van der Waals surface area contributed by atoms with E-state index in [4.69, 9.17) is 0 Å². The fourth-order valence-corrected chi connectivity index (χ4v) is 4.85. The van der Waals surface area contributed by atoms with Crippen molar-refractivity contribution in [1.29, 1.82) is 0 Å². The quantitative estimate of drug-likeness (QED) is 0.568. The molecule has 140 valence electrons. The number of piperidine rings is 1. The molecule has 0 aliphatic carbocycles. The molecule has 9 heteroatoms. The van der Waals surface area contributed by atoms with Crippen molar-refractivity contribution in [2.75, 3.05) is 13.1 Å². The highest BCUT2D eigenvalue weighted by molar-refractivity contribution is 7.89. The minimum absolute atomic E-state index is 0.0203. The van der Waals surface area contributed by atoms with Crippen molar-refractivity contribution in [1.82, 2.24) is 13.9 Å². The Kier molecular flexibility index (Phi) is 5.38. The average molecular weight is 378 g/mol. The molecule has 0 spiro atoms. The Morgan fingerprint density at radius 1 is 1.31 bits per heavy atom. The molecule has 2 heterocycles. The van der Waals surface area contributed by atoms with Crippen molar-refractivity contribution >= 4 is 15.7 Å². The molecule has 1 aliphatic rings. The summed E-state index contributed by atoms with van der Waals surface area (Å²) in [7, 11) is -3.71. The van der Waals surface area contributed by atoms with E-state index in [0.29, 0.717) is 19.0 Å². The lowest BCUT2D eigenvalue weighted by atomic mass is 9.98. The number of nitrogens with zero attached hydrogens (tertiary/aromatic N) is 4. The van der Waals surface area contributed by atoms with Crippen molar-refractivity contribution in [3.63, 3.8) is 0 Å². The van der Waals surface area contributed by atoms with Crippen LogP contribution < -0.4 is 0 Å². The molecule has 0 unspecified atom stereocenters. The summed E-state index contributed by atoms with van der Waals surface area (Å²) in [6, 6.07) is 5.23. The molecule has 0 N–H and O–H groups in total. The van der Waals surface area contributed by atoms with Gasteiger partial charge in [0.05, 0.1) is 9.82 Å². The second-order valence-electron chi connectivity index (χ2n) is 6.45. The summed E-state index contributed by atoms with van der Waals surface area (Å²) < 4.78 is 29.1. The number of imidazole rings is 1. The molecule has 1 saturated heterocycles. The zero-order valence-corrected chi connectivity index (χ0v) is 15.4. The Morgan fingerprint density at radius 2 is 2.04 bits per heavy atom. The van der Waals surface area contributed by atoms with Crippen LogP contribution in [-0.2, 0) is 23.0 Å². The molecule has 1 aliphatic heterocycles. The monoisotopic (exact) mass is 378 g/mol. The van der Waals surface area contributed by atoms with Crippen LogP contribution in [0.5, 0.6) is 0 Å². The van der Waals surface area contributed by atoms with Crippen LogP contribution in [0, 0.1) is 16.0 Å². The van der Waals surface area contributed by atoms with Gasteiger partial charge in [-0.15, -0.1) is 0 Å². The molecule has 26 heavy (non-hydrogen) atoms. The molecule has 0 bridgehead atoms. The van der Waals surface area contributed by atoms with E-state index in [1.807, 2.05) is 6.20 Å². The maximum absolute atomic E-state index is 12.8. The van der Waals surface area contributed by atoms with E-state index < -0.39 is 14.9 Å². The molecule has 1 aromatic carbocycles. The number of aryl methyl sites for hydroxylation is 1. The number of hydrogen-bond acceptors (Lipinski definition) is 5. The van der Waals surface area contributed by atoms with E-state index in [2.05, 4.69) is 16.5 Å². The number of hydrogen-bond donors (Lipinski definition) is 0. The minimum Gasteiger partial charge on any atom is -0.335 e. The van der Waals surface area contributed by atoms with Crippen molar-refractivity contribution in [3.8, 4) is 0 Å². The number of benzene rings is 1. The van der Waals surface area contributed by atoms with Gasteiger partial charge in [-0.2, -0.15) is 4.31 Å². The molecule has 2 aromatic rings. The highest BCUT2D eigenvalue weighted by Crippen LogP contribution is 2.26. The highest BCUT2D eigenvalue weighted by Gasteiger charge is 2.30. The molecule has 3 rings (SSSR count). The Labute approximate surface area is 152 Å². The van der Waals surface area contributed by atoms with Crippen LogP contribution in [0.25, 0.3) is 0 Å². The molecule has 0 amide bonds. The minimum atomic E-state index is -3.71. The fraction of sp³-hybridized carbons (Fsp3) is 0.471. The van der Waals surface area contributed by atoms with E-state index in [1.54, 1.807) is 6.20 Å². The smallest absolute Gasteiger partial charge is 0.270 e. The molecule has 0 atom stereocenters. The first-order chi connectivity index (χ1) is 12.4. The number of rotatable bonds is 6. The third-order valence-electron chi connectivity index (χ3n) is 4.81. The predicted molar refractivity (Wildman–Crippen MR) is 96.2 cm³/mol. The molecule has 0 saturated carbocycles. The number of nitro groups is 1. The van der Waals surface area contributed by atoms with Crippen LogP contribution in [0.3, 0.4) is 0 Å². The molecule has 8 nitrogen and oxygen atoms in total. The van der Waals surface area contributed by atoms with E-state index in [1.165, 1.54) is 22.5 Å². The lowest BCUT2D eigenvalue weighted by molar-refractivity contribution is -0.385. The average Bonchev–Trinajstić information content (AvgIpc) is 3.09. The maximum atomic E-state index is 12.8. The largest absolute Gasteiger partial charge is 0.335 e. The van der Waals surface area contributed by atoms with Gasteiger partial charge in [0.2, 0.25) is 10.0 Å². The first kappa shape index (κ1) is 18.5. The predicted octanol–water partition coefficient (Wildman–Crippen LogP) is 2.45. The zero-order valence-electron chi connectivity index (χ0n) is 14.6. The first-order valence-corrected chi connectivity index (χ1v) is 10.1. The molecule has 0 radical (unpaired) electrons. The van der Waals surface area contributed by atoms with Gasteiger partial charge in [-0.05, 0) is 24.8 Å². The first-order valence-electron chi connectivity index (χ1n) is 8.66. The van der Waals surface area contributed by atoms with Gasteiger partial charge in [0, 0.05) is 50.6 Å². The van der Waals surface area contributed by atoms with E-state index in [-0.39, 0.29) is 10.6 Å². The zero-order chi connectivity index (χ0) is 18.7. The van der Waals surface area contributed by atoms with Crippen LogP contribution in [0.2, 0.25) is 0 Å². The maximum Gasteiger partial charge on any atom is 0.270 e. The topological polar surface area (TPSA) is 98.3 Å². The lowest BCUT2D eigenvalue weighted by Crippen LogP contribution is -2.39. The Hall–Kier alpha value is -2.26. The van der Waals surface area contributed by atoms with Crippen LogP contribution in [0.1, 0.15) is 25.6 Å². The third-order valence-corrected chi connectivity index (χ3v) is 6.71. The Morgan fingerprint density at radius 3 is 2.69 bits per heavy atom. The molecular weight excluding hydrogens is 356 g/mol. The van der Waals surface area contributed by atoms with E-state index >= 15 is 0 Å². The second-order valence-corrected chi connectivity index (χ2v) is 8.39. The van der Waals surface area contributed by atoms with Gasteiger partial charge in [-0.25, -0.2) is 13.4 Å². The molecule has 1 aromatic heterocycles. The van der Waals surface area contributed by atoms with Gasteiger partial charge in [-0.1, -0.05) is 13.0 Å². The normalized spacial score (nSPS) is 16.7. The van der Waals surface area contributed by atoms with Crippen molar-refractivity contribution in [3.05, 3.63) is 52.6 Å². The van der Waals surface area contributed by atoms with Gasteiger partial charge in [0.1, 0.15) is 5.82 Å². The van der Waals surface area contributed by atoms with Crippen LogP contribution in [0.15, 0.2) is 41.6 Å². The summed E-state index contributed by atoms with van der Waals surface area (Å²) in [4.78, 5) is 14.6. The lowest BCUT2D eigenvalue weighted by Gasteiger charge is -2.31. The van der Waals surface area contributed by atoms with Crippen LogP contribution >= 0.6 is 0 Å². The van der Waals surface area contributed by atoms with Crippen LogP contribution in [0.4, 0.5) is 5.69 Å². The summed E-state index contributed by atoms with van der Waals surface area (Å²) in [6.07, 6.45) is 6.14. The van der Waals surface area contributed by atoms with Crippen LogP contribution in [-0.4, -0.2) is 40.3 Å². The Bertz CT molecular complexity index is 886. The number of non-ortho nitro benzene ring substituents is 1. The standard InChI is InChI=1S/C17H22N4O4S/c1-2-17-18-8-11-19(17)13-14-6-9-20(10-7-14)26(24,25)16-5-3-4-15(12-16)21(22)23/h3-5,8,11-12,14H,2,6-7,9-10,13H2,1H3. The van der Waals surface area contributed by atoms with E-state index in [0.717, 1.165) is 37.7 Å². The number of sulfonamides is 1. The fourth-order valence-electron chi connectivity index (χ4n) is 3.34. The summed E-state index contributed by atoms with van der Waals surface area (Å²) in [5.74, 6) is 1.43. The third kappa shape index (κ3) is 3.78. The second kappa shape index (κ2) is 7.55. The van der Waals surface area contributed by atoms with Crippen molar-refractivity contribution < 1.29 is 13.3 Å². The summed E-state index contributed by atoms with van der Waals surface area (Å²) in [5, 5.41) is 10.9. The molecule has 1 fully saturated rings. The summed E-state index contributed by atoms with van der Waals surface area (Å²) in [5.41, 5.74) is -0.215. The summed E-state index contributed by atoms with van der Waals surface area (Å²) >= 11 is 0. The number of aromatic nitrogens is 2. The van der Waals surface area contributed by atoms with Gasteiger partial charge in [-0.3, -0.25) is 10.1 Å². The molecular formula is C17H22N4O4S. The summed E-state index contributed by atoms with van der Waals surface area (Å²) in [6.45, 7) is 3.75. The SMILES string of the molecule is CCc1nccn1CC1CCN(S(=O)(=O)c2cccc([N+](=O)[O-])c2)CC1. The van der Waals surface area contributed by atoms with Crippen molar-refractivity contribution in [2.24, 2.45) is 5.92 Å². The van der Waals surface area contributed by atoms with E-state index in [9.17, 15) is 18.5 Å². The van der Waals surface area contributed by atoms with Gasteiger partial charge >= 0.3 is 0 Å². The van der Waals surface area contributed by atoms with Gasteiger partial charge in [0.15, 0.2) is 0 Å². The Balaban J connectivity index is 1.67. The highest BCUT2D eigenvalue weighted by atomic mass is 32.2. The number of nitro benzene ring substituents is 1.